The van der Waals surface area contributed by atoms with E-state index in [9.17, 15) is 4.79 Å². The van der Waals surface area contributed by atoms with Gasteiger partial charge < -0.3 is 9.64 Å². The molecule has 1 aliphatic rings. The molecule has 1 aliphatic heterocycles. The van der Waals surface area contributed by atoms with Gasteiger partial charge in [-0.3, -0.25) is 4.79 Å². The zero-order chi connectivity index (χ0) is 11.5. The lowest BCUT2D eigenvalue weighted by Crippen LogP contribution is -2.40. The van der Waals surface area contributed by atoms with Gasteiger partial charge in [0.1, 0.15) is 0 Å². The van der Waals surface area contributed by atoms with Crippen LogP contribution in [-0.2, 0) is 4.74 Å². The number of rotatable bonds is 1. The number of amides is 1. The lowest BCUT2D eigenvalue weighted by atomic mass is 10.2. The topological polar surface area (TPSA) is 29.5 Å². The second-order valence-corrected chi connectivity index (χ2v) is 4.94. The Labute approximate surface area is 108 Å². The number of carbonyl (C=O) groups is 1. The quantitative estimate of drug-likeness (QED) is 0.806. The van der Waals surface area contributed by atoms with Gasteiger partial charge in [-0.15, -0.1) is 12.6 Å². The van der Waals surface area contributed by atoms with E-state index in [0.29, 0.717) is 31.9 Å². The second-order valence-electron chi connectivity index (χ2n) is 3.57. The molecule has 1 heterocycles. The maximum Gasteiger partial charge on any atom is 0.255 e. The first kappa shape index (κ1) is 12.0. The Balaban J connectivity index is 2.22. The normalized spacial score (nSPS) is 16.2. The van der Waals surface area contributed by atoms with Crippen molar-refractivity contribution in [1.82, 2.24) is 4.90 Å². The molecule has 0 aliphatic carbocycles. The summed E-state index contributed by atoms with van der Waals surface area (Å²) in [6.07, 6.45) is 0. The summed E-state index contributed by atoms with van der Waals surface area (Å²) >= 11 is 7.63. The van der Waals surface area contributed by atoms with Crippen molar-refractivity contribution in [3.63, 3.8) is 0 Å². The number of carbonyl (C=O) groups excluding carboxylic acids is 1. The zero-order valence-electron chi connectivity index (χ0n) is 8.65. The van der Waals surface area contributed by atoms with Gasteiger partial charge in [-0.05, 0) is 34.1 Å². The van der Waals surface area contributed by atoms with Crippen LogP contribution in [-0.4, -0.2) is 37.1 Å². The number of morpholine rings is 1. The Morgan fingerprint density at radius 3 is 2.75 bits per heavy atom. The highest BCUT2D eigenvalue weighted by Gasteiger charge is 2.20. The third kappa shape index (κ3) is 2.59. The number of hydrogen-bond donors (Lipinski definition) is 1. The van der Waals surface area contributed by atoms with Crippen molar-refractivity contribution in [2.24, 2.45) is 0 Å². The maximum atomic E-state index is 12.2. The summed E-state index contributed by atoms with van der Waals surface area (Å²) < 4.78 is 6.03. The second kappa shape index (κ2) is 5.21. The predicted molar refractivity (Wildman–Crippen MR) is 68.1 cm³/mol. The molecule has 3 nitrogen and oxygen atoms in total. The summed E-state index contributed by atoms with van der Waals surface area (Å²) in [5, 5.41) is 0. The van der Waals surface area contributed by atoms with Crippen LogP contribution in [0, 0.1) is 0 Å². The van der Waals surface area contributed by atoms with E-state index >= 15 is 0 Å². The van der Waals surface area contributed by atoms with E-state index in [4.69, 9.17) is 4.74 Å². The Morgan fingerprint density at radius 2 is 2.06 bits per heavy atom. The van der Waals surface area contributed by atoms with Crippen molar-refractivity contribution in [3.05, 3.63) is 28.2 Å². The van der Waals surface area contributed by atoms with Gasteiger partial charge in [-0.25, -0.2) is 0 Å². The van der Waals surface area contributed by atoms with Crippen molar-refractivity contribution in [3.8, 4) is 0 Å². The minimum absolute atomic E-state index is 0.0334. The summed E-state index contributed by atoms with van der Waals surface area (Å²) in [5.41, 5.74) is 0.661. The summed E-state index contributed by atoms with van der Waals surface area (Å²) in [6, 6.07) is 5.48. The van der Waals surface area contributed by atoms with Crippen LogP contribution in [0.15, 0.2) is 27.6 Å². The van der Waals surface area contributed by atoms with Gasteiger partial charge in [0, 0.05) is 22.5 Å². The molecule has 16 heavy (non-hydrogen) atoms. The van der Waals surface area contributed by atoms with E-state index < -0.39 is 0 Å². The third-order valence-electron chi connectivity index (χ3n) is 2.48. The first-order valence-corrected chi connectivity index (χ1v) is 6.28. The largest absolute Gasteiger partial charge is 0.378 e. The van der Waals surface area contributed by atoms with Crippen molar-refractivity contribution in [2.75, 3.05) is 26.3 Å². The highest BCUT2D eigenvalue weighted by molar-refractivity contribution is 9.10. The molecule has 0 bridgehead atoms. The highest BCUT2D eigenvalue weighted by Crippen LogP contribution is 2.22. The van der Waals surface area contributed by atoms with E-state index in [2.05, 4.69) is 28.6 Å². The number of nitrogens with zero attached hydrogens (tertiary/aromatic N) is 1. The zero-order valence-corrected chi connectivity index (χ0v) is 11.1. The molecule has 0 aromatic heterocycles. The Hall–Kier alpha value is -0.520. The fraction of sp³-hybridized carbons (Fsp3) is 0.364. The smallest absolute Gasteiger partial charge is 0.255 e. The van der Waals surface area contributed by atoms with Crippen LogP contribution in [0.5, 0.6) is 0 Å². The summed E-state index contributed by atoms with van der Waals surface area (Å²) in [4.78, 5) is 14.8. The van der Waals surface area contributed by atoms with Crippen molar-refractivity contribution < 1.29 is 9.53 Å². The molecule has 0 spiro atoms. The minimum Gasteiger partial charge on any atom is -0.378 e. The monoisotopic (exact) mass is 301 g/mol. The van der Waals surface area contributed by atoms with E-state index in [1.807, 2.05) is 12.1 Å². The van der Waals surface area contributed by atoms with Crippen LogP contribution in [0.1, 0.15) is 10.4 Å². The third-order valence-corrected chi connectivity index (χ3v) is 3.45. The number of thiol groups is 1. The molecule has 2 rings (SSSR count). The first-order valence-electron chi connectivity index (χ1n) is 5.04. The summed E-state index contributed by atoms with van der Waals surface area (Å²) in [6.45, 7) is 2.54. The number of halogens is 1. The average Bonchev–Trinajstić information content (AvgIpc) is 2.32. The van der Waals surface area contributed by atoms with Gasteiger partial charge in [0.25, 0.3) is 5.91 Å². The van der Waals surface area contributed by atoms with Crippen molar-refractivity contribution >= 4 is 34.5 Å². The van der Waals surface area contributed by atoms with Crippen LogP contribution in [0.3, 0.4) is 0 Å². The van der Waals surface area contributed by atoms with Gasteiger partial charge in [-0.1, -0.05) is 0 Å². The van der Waals surface area contributed by atoms with Crippen molar-refractivity contribution in [1.29, 1.82) is 0 Å². The molecule has 0 atom stereocenters. The standard InChI is InChI=1S/C11H12BrNO2S/c12-10-2-1-8(16)7-9(10)11(14)13-3-5-15-6-4-13/h1-2,7,16H,3-6H2. The van der Waals surface area contributed by atoms with Crippen LogP contribution < -0.4 is 0 Å². The lowest BCUT2D eigenvalue weighted by Gasteiger charge is -2.27. The molecular formula is C11H12BrNO2S. The lowest BCUT2D eigenvalue weighted by molar-refractivity contribution is 0.0302. The van der Waals surface area contributed by atoms with Crippen LogP contribution in [0.25, 0.3) is 0 Å². The minimum atomic E-state index is 0.0334. The van der Waals surface area contributed by atoms with Gasteiger partial charge in [0.05, 0.1) is 18.8 Å². The van der Waals surface area contributed by atoms with Crippen LogP contribution in [0.2, 0.25) is 0 Å². The van der Waals surface area contributed by atoms with E-state index in [1.54, 1.807) is 11.0 Å². The SMILES string of the molecule is O=C(c1cc(S)ccc1Br)N1CCOCC1. The molecule has 0 unspecified atom stereocenters. The molecule has 1 amide bonds. The molecule has 0 radical (unpaired) electrons. The fourth-order valence-corrected chi connectivity index (χ4v) is 2.23. The molecule has 1 aromatic carbocycles. The van der Waals surface area contributed by atoms with E-state index in [-0.39, 0.29) is 5.91 Å². The maximum absolute atomic E-state index is 12.2. The Bertz CT molecular complexity index is 405. The van der Waals surface area contributed by atoms with Gasteiger partial charge in [-0.2, -0.15) is 0 Å². The average molecular weight is 302 g/mol. The molecule has 1 aromatic rings. The number of hydrogen-bond acceptors (Lipinski definition) is 3. The molecular weight excluding hydrogens is 290 g/mol. The van der Waals surface area contributed by atoms with Crippen LogP contribution in [0.4, 0.5) is 0 Å². The first-order chi connectivity index (χ1) is 7.68. The van der Waals surface area contributed by atoms with E-state index in [1.165, 1.54) is 0 Å². The van der Waals surface area contributed by atoms with Gasteiger partial charge in [0.2, 0.25) is 0 Å². The van der Waals surface area contributed by atoms with Crippen molar-refractivity contribution in [2.45, 2.75) is 4.90 Å². The predicted octanol–water partition coefficient (Wildman–Crippen LogP) is 2.21. The fourth-order valence-electron chi connectivity index (χ4n) is 1.61. The summed E-state index contributed by atoms with van der Waals surface area (Å²) in [7, 11) is 0. The molecule has 5 heteroatoms. The van der Waals surface area contributed by atoms with Gasteiger partial charge in [0.15, 0.2) is 0 Å². The molecule has 1 saturated heterocycles. The summed E-state index contributed by atoms with van der Waals surface area (Å²) in [5.74, 6) is 0.0334. The molecule has 0 N–H and O–H groups in total. The Kier molecular flexibility index (Phi) is 3.89. The number of ether oxygens (including phenoxy) is 1. The Morgan fingerprint density at radius 1 is 1.38 bits per heavy atom. The van der Waals surface area contributed by atoms with E-state index in [0.717, 1.165) is 9.37 Å². The molecule has 86 valence electrons. The number of benzene rings is 1. The van der Waals surface area contributed by atoms with Gasteiger partial charge >= 0.3 is 0 Å². The van der Waals surface area contributed by atoms with Crippen LogP contribution >= 0.6 is 28.6 Å². The molecule has 1 fully saturated rings. The highest BCUT2D eigenvalue weighted by atomic mass is 79.9. The molecule has 0 saturated carbocycles.